The van der Waals surface area contributed by atoms with E-state index >= 15 is 0 Å². The zero-order chi connectivity index (χ0) is 14.2. The predicted octanol–water partition coefficient (Wildman–Crippen LogP) is 4.41. The second-order valence-electron chi connectivity index (χ2n) is 4.03. The first-order chi connectivity index (χ1) is 8.90. The van der Waals surface area contributed by atoms with Gasteiger partial charge < -0.3 is 0 Å². The van der Waals surface area contributed by atoms with Gasteiger partial charge in [0, 0.05) is 5.56 Å². The summed E-state index contributed by atoms with van der Waals surface area (Å²) in [5.41, 5.74) is 0.130. The van der Waals surface area contributed by atoms with Crippen LogP contribution in [0.1, 0.15) is 21.5 Å². The summed E-state index contributed by atoms with van der Waals surface area (Å²) in [6.07, 6.45) is 0. The van der Waals surface area contributed by atoms with Gasteiger partial charge in [-0.1, -0.05) is 0 Å². The first kappa shape index (κ1) is 13.8. The molecule has 0 aliphatic rings. The van der Waals surface area contributed by atoms with Crippen molar-refractivity contribution >= 4 is 21.7 Å². The molecule has 0 N–H and O–H groups in total. The normalized spacial score (nSPS) is 10.6. The lowest BCUT2D eigenvalue weighted by atomic mass is 9.98. The second kappa shape index (κ2) is 5.17. The Kier molecular flexibility index (Phi) is 3.75. The van der Waals surface area contributed by atoms with Crippen LogP contribution in [0.15, 0.2) is 34.8 Å². The summed E-state index contributed by atoms with van der Waals surface area (Å²) in [5, 5.41) is 0. The summed E-state index contributed by atoms with van der Waals surface area (Å²) in [6.45, 7) is 1.53. The Morgan fingerprint density at radius 3 is 2.32 bits per heavy atom. The third kappa shape index (κ3) is 2.71. The number of carbonyl (C=O) groups excluding carboxylic acids is 1. The summed E-state index contributed by atoms with van der Waals surface area (Å²) >= 11 is 2.83. The lowest BCUT2D eigenvalue weighted by Gasteiger charge is -2.07. The molecule has 0 aliphatic carbocycles. The monoisotopic (exact) mass is 328 g/mol. The molecule has 1 nitrogen and oxygen atoms in total. The second-order valence-corrected chi connectivity index (χ2v) is 4.89. The van der Waals surface area contributed by atoms with Crippen molar-refractivity contribution in [2.24, 2.45) is 0 Å². The van der Waals surface area contributed by atoms with Crippen molar-refractivity contribution in [2.45, 2.75) is 6.92 Å². The summed E-state index contributed by atoms with van der Waals surface area (Å²) < 4.78 is 40.0. The van der Waals surface area contributed by atoms with Gasteiger partial charge in [0.05, 0.1) is 10.0 Å². The Balaban J connectivity index is 2.53. The van der Waals surface area contributed by atoms with Gasteiger partial charge in [0.25, 0.3) is 0 Å². The predicted molar refractivity (Wildman–Crippen MR) is 68.6 cm³/mol. The molecule has 0 saturated carbocycles. The highest BCUT2D eigenvalue weighted by Gasteiger charge is 2.18. The number of hydrogen-bond acceptors (Lipinski definition) is 1. The SMILES string of the molecule is Cc1cc(F)ccc1C(=O)c1cc(F)c(Br)cc1F. The van der Waals surface area contributed by atoms with Crippen molar-refractivity contribution in [3.63, 3.8) is 0 Å². The fourth-order valence-corrected chi connectivity index (χ4v) is 2.04. The van der Waals surface area contributed by atoms with E-state index in [0.29, 0.717) is 5.56 Å². The Morgan fingerprint density at radius 2 is 1.68 bits per heavy atom. The standard InChI is InChI=1S/C14H8BrF3O/c1-7-4-8(16)2-3-9(7)14(19)10-5-13(18)11(15)6-12(10)17/h2-6H,1H3. The van der Waals surface area contributed by atoms with Crippen LogP contribution in [-0.4, -0.2) is 5.78 Å². The van der Waals surface area contributed by atoms with Gasteiger partial charge in [0.15, 0.2) is 5.78 Å². The van der Waals surface area contributed by atoms with Crippen LogP contribution >= 0.6 is 15.9 Å². The van der Waals surface area contributed by atoms with E-state index in [9.17, 15) is 18.0 Å². The van der Waals surface area contributed by atoms with Crippen LogP contribution in [0.25, 0.3) is 0 Å². The van der Waals surface area contributed by atoms with Crippen LogP contribution in [0.3, 0.4) is 0 Å². The minimum Gasteiger partial charge on any atom is -0.288 e. The maximum atomic E-state index is 13.7. The maximum Gasteiger partial charge on any atom is 0.196 e. The Bertz CT molecular complexity index is 668. The molecule has 0 amide bonds. The average Bonchev–Trinajstić information content (AvgIpc) is 2.33. The third-order valence-corrected chi connectivity index (χ3v) is 3.30. The van der Waals surface area contributed by atoms with Crippen molar-refractivity contribution in [2.75, 3.05) is 0 Å². The van der Waals surface area contributed by atoms with Crippen LogP contribution in [0.4, 0.5) is 13.2 Å². The molecule has 0 unspecified atom stereocenters. The van der Waals surface area contributed by atoms with E-state index in [1.165, 1.54) is 19.1 Å². The summed E-state index contributed by atoms with van der Waals surface area (Å²) in [7, 11) is 0. The first-order valence-corrected chi connectivity index (χ1v) is 6.15. The molecule has 0 aliphatic heterocycles. The molecule has 5 heteroatoms. The zero-order valence-corrected chi connectivity index (χ0v) is 11.4. The molecule has 2 aromatic carbocycles. The van der Waals surface area contributed by atoms with Crippen LogP contribution in [0, 0.1) is 24.4 Å². The van der Waals surface area contributed by atoms with Crippen LogP contribution in [0.5, 0.6) is 0 Å². The molecule has 0 fully saturated rings. The van der Waals surface area contributed by atoms with Crippen molar-refractivity contribution < 1.29 is 18.0 Å². The molecule has 0 bridgehead atoms. The van der Waals surface area contributed by atoms with E-state index in [0.717, 1.165) is 18.2 Å². The number of halogens is 4. The largest absolute Gasteiger partial charge is 0.288 e. The number of aryl methyl sites for hydroxylation is 1. The molecule has 2 aromatic rings. The van der Waals surface area contributed by atoms with Crippen molar-refractivity contribution in [3.05, 3.63) is 68.9 Å². The minimum atomic E-state index is -0.831. The number of ketones is 1. The van der Waals surface area contributed by atoms with Crippen LogP contribution in [0.2, 0.25) is 0 Å². The topological polar surface area (TPSA) is 17.1 Å². The molecule has 2 rings (SSSR count). The van der Waals surface area contributed by atoms with Gasteiger partial charge in [-0.15, -0.1) is 0 Å². The van der Waals surface area contributed by atoms with Gasteiger partial charge in [0.1, 0.15) is 17.5 Å². The van der Waals surface area contributed by atoms with Crippen LogP contribution in [-0.2, 0) is 0 Å². The highest BCUT2D eigenvalue weighted by Crippen LogP contribution is 2.23. The summed E-state index contributed by atoms with van der Waals surface area (Å²) in [4.78, 5) is 12.1. The number of rotatable bonds is 2. The van der Waals surface area contributed by atoms with E-state index in [1.54, 1.807) is 0 Å². The van der Waals surface area contributed by atoms with E-state index in [-0.39, 0.29) is 15.6 Å². The molecule has 19 heavy (non-hydrogen) atoms. The quantitative estimate of drug-likeness (QED) is 0.589. The smallest absolute Gasteiger partial charge is 0.196 e. The van der Waals surface area contributed by atoms with Gasteiger partial charge in [-0.3, -0.25) is 4.79 Å². The average molecular weight is 329 g/mol. The fourth-order valence-electron chi connectivity index (χ4n) is 1.72. The lowest BCUT2D eigenvalue weighted by molar-refractivity contribution is 0.103. The van der Waals surface area contributed by atoms with Crippen LogP contribution < -0.4 is 0 Å². The number of hydrogen-bond donors (Lipinski definition) is 0. The molecular formula is C14H8BrF3O. The van der Waals surface area contributed by atoms with Crippen molar-refractivity contribution in [1.82, 2.24) is 0 Å². The number of benzene rings is 2. The van der Waals surface area contributed by atoms with Gasteiger partial charge in [-0.25, -0.2) is 13.2 Å². The van der Waals surface area contributed by atoms with E-state index in [1.807, 2.05) is 0 Å². The fraction of sp³-hybridized carbons (Fsp3) is 0.0714. The molecule has 0 heterocycles. The highest BCUT2D eigenvalue weighted by molar-refractivity contribution is 9.10. The molecule has 0 aromatic heterocycles. The van der Waals surface area contributed by atoms with Crippen molar-refractivity contribution in [3.8, 4) is 0 Å². The van der Waals surface area contributed by atoms with E-state index in [2.05, 4.69) is 15.9 Å². The maximum absolute atomic E-state index is 13.7. The van der Waals surface area contributed by atoms with Gasteiger partial charge >= 0.3 is 0 Å². The summed E-state index contributed by atoms with van der Waals surface area (Å²) in [5.74, 6) is -2.73. The Labute approximate surface area is 116 Å². The highest BCUT2D eigenvalue weighted by atomic mass is 79.9. The Morgan fingerprint density at radius 1 is 1.00 bits per heavy atom. The molecule has 98 valence electrons. The molecule has 0 saturated heterocycles. The molecule has 0 atom stereocenters. The third-order valence-electron chi connectivity index (χ3n) is 2.69. The minimum absolute atomic E-state index is 0.0580. The van der Waals surface area contributed by atoms with Gasteiger partial charge in [-0.05, 0) is 58.7 Å². The molecule has 0 spiro atoms. The molecular weight excluding hydrogens is 321 g/mol. The summed E-state index contributed by atoms with van der Waals surface area (Å²) in [6, 6.07) is 5.24. The van der Waals surface area contributed by atoms with Gasteiger partial charge in [-0.2, -0.15) is 0 Å². The number of carbonyl (C=O) groups is 1. The lowest BCUT2D eigenvalue weighted by Crippen LogP contribution is -2.07. The zero-order valence-electron chi connectivity index (χ0n) is 9.81. The van der Waals surface area contributed by atoms with E-state index in [4.69, 9.17) is 0 Å². The van der Waals surface area contributed by atoms with Crippen molar-refractivity contribution in [1.29, 1.82) is 0 Å². The van der Waals surface area contributed by atoms with E-state index < -0.39 is 23.2 Å². The van der Waals surface area contributed by atoms with Gasteiger partial charge in [0.2, 0.25) is 0 Å². The first-order valence-electron chi connectivity index (χ1n) is 5.35. The Hall–Kier alpha value is -1.62. The molecule has 0 radical (unpaired) electrons.